The summed E-state index contributed by atoms with van der Waals surface area (Å²) in [6.45, 7) is 7.56. The summed E-state index contributed by atoms with van der Waals surface area (Å²) in [5.74, 6) is 0.0648. The number of rotatable bonds is 5. The third-order valence-electron chi connectivity index (χ3n) is 4.66. The van der Waals surface area contributed by atoms with Crippen LogP contribution in [0.4, 0.5) is 0 Å². The Morgan fingerprint density at radius 1 is 0.960 bits per heavy atom. The van der Waals surface area contributed by atoms with Crippen LogP contribution in [-0.2, 0) is 6.42 Å². The number of fused-ring (bicyclic) bond motifs is 1. The van der Waals surface area contributed by atoms with Crippen LogP contribution in [0, 0.1) is 0 Å². The van der Waals surface area contributed by atoms with Gasteiger partial charge in [0.2, 0.25) is 0 Å². The molecule has 2 aromatic carbocycles. The molecule has 0 aliphatic heterocycles. The summed E-state index contributed by atoms with van der Waals surface area (Å²) in [5.41, 5.74) is 4.76. The number of benzene rings is 2. The van der Waals surface area contributed by atoms with Crippen molar-refractivity contribution in [1.29, 1.82) is 0 Å². The highest BCUT2D eigenvalue weighted by Crippen LogP contribution is 2.26. The van der Waals surface area contributed by atoms with Gasteiger partial charge in [0.1, 0.15) is 0 Å². The minimum absolute atomic E-state index is 0.0648. The third-order valence-corrected chi connectivity index (χ3v) is 4.66. The van der Waals surface area contributed by atoms with Gasteiger partial charge in [-0.3, -0.25) is 4.79 Å². The van der Waals surface area contributed by atoms with E-state index in [1.165, 1.54) is 5.56 Å². The molecule has 3 aromatic rings. The van der Waals surface area contributed by atoms with Crippen molar-refractivity contribution in [2.75, 3.05) is 13.1 Å². The average Bonchev–Trinajstić information content (AvgIpc) is 2.68. The second-order valence-electron chi connectivity index (χ2n) is 6.10. The zero-order valence-electron chi connectivity index (χ0n) is 15.1. The summed E-state index contributed by atoms with van der Waals surface area (Å²) in [7, 11) is 0. The van der Waals surface area contributed by atoms with E-state index in [0.29, 0.717) is 13.1 Å². The number of hydrogen-bond donors (Lipinski definition) is 0. The molecule has 0 bridgehead atoms. The molecule has 3 rings (SSSR count). The van der Waals surface area contributed by atoms with E-state index in [1.807, 2.05) is 49.1 Å². The summed E-state index contributed by atoms with van der Waals surface area (Å²) in [4.78, 5) is 19.6. The number of aryl methyl sites for hydroxylation is 1. The summed E-state index contributed by atoms with van der Waals surface area (Å²) >= 11 is 0. The van der Waals surface area contributed by atoms with E-state index in [1.54, 1.807) is 0 Å². The Bertz CT molecular complexity index is 880. The molecule has 1 heterocycles. The van der Waals surface area contributed by atoms with Gasteiger partial charge < -0.3 is 4.90 Å². The van der Waals surface area contributed by atoms with Crippen LogP contribution in [0.25, 0.3) is 22.2 Å². The van der Waals surface area contributed by atoms with Crippen molar-refractivity contribution < 1.29 is 4.79 Å². The molecule has 0 saturated carbocycles. The number of carbonyl (C=O) groups is 1. The number of nitrogens with zero attached hydrogens (tertiary/aromatic N) is 2. The van der Waals surface area contributed by atoms with E-state index in [0.717, 1.165) is 34.1 Å². The molecule has 0 aliphatic rings. The first-order chi connectivity index (χ1) is 12.2. The van der Waals surface area contributed by atoms with Gasteiger partial charge in [-0.1, -0.05) is 49.4 Å². The van der Waals surface area contributed by atoms with Crippen molar-refractivity contribution >= 4 is 16.8 Å². The molecular formula is C22H24N2O. The molecule has 0 unspecified atom stereocenters. The Hall–Kier alpha value is -2.68. The standard InChI is InChI=1S/C22H24N2O/c1-4-16-11-13-17(14-12-16)21-15-19(22(25)24(5-2)6-3)18-9-7-8-10-20(18)23-21/h7-15H,4-6H2,1-3H3. The molecular weight excluding hydrogens is 308 g/mol. The van der Waals surface area contributed by atoms with Gasteiger partial charge in [0.15, 0.2) is 0 Å². The van der Waals surface area contributed by atoms with Crippen LogP contribution in [0.1, 0.15) is 36.7 Å². The van der Waals surface area contributed by atoms with Gasteiger partial charge in [0.05, 0.1) is 16.8 Å². The second kappa shape index (κ2) is 7.47. The van der Waals surface area contributed by atoms with Crippen LogP contribution >= 0.6 is 0 Å². The average molecular weight is 332 g/mol. The second-order valence-corrected chi connectivity index (χ2v) is 6.10. The van der Waals surface area contributed by atoms with Gasteiger partial charge >= 0.3 is 0 Å². The molecule has 25 heavy (non-hydrogen) atoms. The molecule has 0 radical (unpaired) electrons. The number of aromatic nitrogens is 1. The summed E-state index contributed by atoms with van der Waals surface area (Å²) in [6.07, 6.45) is 1.01. The number of hydrogen-bond acceptors (Lipinski definition) is 2. The van der Waals surface area contributed by atoms with Crippen LogP contribution in [0.5, 0.6) is 0 Å². The molecule has 0 N–H and O–H groups in total. The number of carbonyl (C=O) groups excluding carboxylic acids is 1. The lowest BCUT2D eigenvalue weighted by Crippen LogP contribution is -2.30. The maximum absolute atomic E-state index is 13.0. The Balaban J connectivity index is 2.16. The Morgan fingerprint density at radius 3 is 2.28 bits per heavy atom. The Morgan fingerprint density at radius 2 is 1.64 bits per heavy atom. The quantitative estimate of drug-likeness (QED) is 0.662. The predicted molar refractivity (Wildman–Crippen MR) is 104 cm³/mol. The Labute approximate surface area is 149 Å². The number of pyridine rings is 1. The van der Waals surface area contributed by atoms with Gasteiger partial charge in [-0.15, -0.1) is 0 Å². The normalized spacial score (nSPS) is 10.8. The van der Waals surface area contributed by atoms with Gasteiger partial charge in [-0.05, 0) is 38.0 Å². The molecule has 0 fully saturated rings. The first-order valence-corrected chi connectivity index (χ1v) is 8.96. The van der Waals surface area contributed by atoms with E-state index in [4.69, 9.17) is 4.98 Å². The lowest BCUT2D eigenvalue weighted by molar-refractivity contribution is 0.0775. The van der Waals surface area contributed by atoms with Gasteiger partial charge in [0, 0.05) is 24.0 Å². The minimum Gasteiger partial charge on any atom is -0.339 e. The highest BCUT2D eigenvalue weighted by atomic mass is 16.2. The van der Waals surface area contributed by atoms with E-state index in [-0.39, 0.29) is 5.91 Å². The molecule has 3 heteroatoms. The fraction of sp³-hybridized carbons (Fsp3) is 0.273. The minimum atomic E-state index is 0.0648. The summed E-state index contributed by atoms with van der Waals surface area (Å²) in [6, 6.07) is 18.2. The smallest absolute Gasteiger partial charge is 0.254 e. The SMILES string of the molecule is CCc1ccc(-c2cc(C(=O)N(CC)CC)c3ccccc3n2)cc1. The van der Waals surface area contributed by atoms with E-state index >= 15 is 0 Å². The van der Waals surface area contributed by atoms with Crippen LogP contribution in [-0.4, -0.2) is 28.9 Å². The van der Waals surface area contributed by atoms with Crippen molar-refractivity contribution in [3.8, 4) is 11.3 Å². The van der Waals surface area contributed by atoms with Crippen LogP contribution in [0.15, 0.2) is 54.6 Å². The van der Waals surface area contributed by atoms with Gasteiger partial charge in [0.25, 0.3) is 5.91 Å². The van der Waals surface area contributed by atoms with Gasteiger partial charge in [-0.25, -0.2) is 4.98 Å². The zero-order valence-corrected chi connectivity index (χ0v) is 15.1. The van der Waals surface area contributed by atoms with Gasteiger partial charge in [-0.2, -0.15) is 0 Å². The molecule has 1 amide bonds. The molecule has 0 saturated heterocycles. The number of amides is 1. The largest absolute Gasteiger partial charge is 0.339 e. The van der Waals surface area contributed by atoms with Crippen LogP contribution in [0.3, 0.4) is 0 Å². The monoisotopic (exact) mass is 332 g/mol. The molecule has 128 valence electrons. The van der Waals surface area contributed by atoms with Crippen molar-refractivity contribution in [2.45, 2.75) is 27.2 Å². The zero-order chi connectivity index (χ0) is 17.8. The van der Waals surface area contributed by atoms with Crippen molar-refractivity contribution in [3.05, 3.63) is 65.7 Å². The predicted octanol–water partition coefficient (Wildman–Crippen LogP) is 4.95. The molecule has 3 nitrogen and oxygen atoms in total. The molecule has 0 atom stereocenters. The number of para-hydroxylation sites is 1. The Kier molecular flexibility index (Phi) is 5.13. The highest BCUT2D eigenvalue weighted by Gasteiger charge is 2.17. The molecule has 1 aromatic heterocycles. The highest BCUT2D eigenvalue weighted by molar-refractivity contribution is 6.07. The summed E-state index contributed by atoms with van der Waals surface area (Å²) < 4.78 is 0. The first-order valence-electron chi connectivity index (χ1n) is 8.96. The lowest BCUT2D eigenvalue weighted by Gasteiger charge is -2.20. The van der Waals surface area contributed by atoms with E-state index in [2.05, 4.69) is 31.2 Å². The van der Waals surface area contributed by atoms with Crippen molar-refractivity contribution in [2.24, 2.45) is 0 Å². The van der Waals surface area contributed by atoms with Crippen LogP contribution < -0.4 is 0 Å². The first kappa shape index (κ1) is 17.2. The van der Waals surface area contributed by atoms with Crippen molar-refractivity contribution in [3.63, 3.8) is 0 Å². The third kappa shape index (κ3) is 3.41. The molecule has 0 aliphatic carbocycles. The maximum atomic E-state index is 13.0. The fourth-order valence-corrected chi connectivity index (χ4v) is 3.09. The lowest BCUT2D eigenvalue weighted by atomic mass is 10.0. The topological polar surface area (TPSA) is 33.2 Å². The molecule has 0 spiro atoms. The van der Waals surface area contributed by atoms with Crippen LogP contribution in [0.2, 0.25) is 0 Å². The fourth-order valence-electron chi connectivity index (χ4n) is 3.09. The van der Waals surface area contributed by atoms with E-state index in [9.17, 15) is 4.79 Å². The van der Waals surface area contributed by atoms with Crippen molar-refractivity contribution in [1.82, 2.24) is 9.88 Å². The maximum Gasteiger partial charge on any atom is 0.254 e. The van der Waals surface area contributed by atoms with E-state index < -0.39 is 0 Å². The summed E-state index contributed by atoms with van der Waals surface area (Å²) in [5, 5.41) is 0.910.